The Bertz CT molecular complexity index is 706. The predicted octanol–water partition coefficient (Wildman–Crippen LogP) is 5.17. The molecule has 24 heavy (non-hydrogen) atoms. The third-order valence-electron chi connectivity index (χ3n) is 3.86. The van der Waals surface area contributed by atoms with Crippen molar-refractivity contribution in [1.29, 1.82) is 0 Å². The van der Waals surface area contributed by atoms with E-state index in [0.717, 1.165) is 12.0 Å². The van der Waals surface area contributed by atoms with Gasteiger partial charge in [-0.2, -0.15) is 0 Å². The van der Waals surface area contributed by atoms with Gasteiger partial charge in [-0.3, -0.25) is 4.79 Å². The predicted molar refractivity (Wildman–Crippen MR) is 99.9 cm³/mol. The van der Waals surface area contributed by atoms with Crippen LogP contribution in [0.5, 0.6) is 0 Å². The van der Waals surface area contributed by atoms with Crippen molar-refractivity contribution in [2.75, 3.05) is 6.61 Å². The molecule has 0 saturated heterocycles. The zero-order chi connectivity index (χ0) is 17.6. The summed E-state index contributed by atoms with van der Waals surface area (Å²) in [4.78, 5) is 11.2. The van der Waals surface area contributed by atoms with Crippen LogP contribution in [-0.4, -0.2) is 12.6 Å². The Labute approximate surface area is 145 Å². The minimum absolute atomic E-state index is 0.0619. The Morgan fingerprint density at radius 1 is 1.00 bits per heavy atom. The lowest BCUT2D eigenvalue weighted by Crippen LogP contribution is -2.13. The van der Waals surface area contributed by atoms with Gasteiger partial charge in [-0.05, 0) is 34.1 Å². The van der Waals surface area contributed by atoms with Gasteiger partial charge >= 0.3 is 5.97 Å². The zero-order valence-electron chi connectivity index (χ0n) is 15.0. The second kappa shape index (κ2) is 7.96. The Hall–Kier alpha value is -2.35. The van der Waals surface area contributed by atoms with Crippen molar-refractivity contribution in [3.63, 3.8) is 0 Å². The molecule has 0 aliphatic rings. The van der Waals surface area contributed by atoms with Crippen molar-refractivity contribution in [2.24, 2.45) is 0 Å². The summed E-state index contributed by atoms with van der Waals surface area (Å²) in [5.41, 5.74) is 4.84. The number of rotatable bonds is 5. The fourth-order valence-corrected chi connectivity index (χ4v) is 2.72. The zero-order valence-corrected chi connectivity index (χ0v) is 15.0. The molecule has 0 heterocycles. The highest BCUT2D eigenvalue weighted by atomic mass is 16.5. The summed E-state index contributed by atoms with van der Waals surface area (Å²) < 4.78 is 5.27. The molecule has 0 bridgehead atoms. The smallest absolute Gasteiger partial charge is 0.302 e. The molecular formula is C22H26O2. The van der Waals surface area contributed by atoms with Crippen LogP contribution < -0.4 is 0 Å². The number of benzene rings is 2. The largest absolute Gasteiger partial charge is 0.461 e. The van der Waals surface area contributed by atoms with E-state index in [0.29, 0.717) is 6.61 Å². The highest BCUT2D eigenvalue weighted by Gasteiger charge is 2.16. The molecule has 0 aliphatic heterocycles. The van der Waals surface area contributed by atoms with Gasteiger partial charge in [0, 0.05) is 6.92 Å². The Balaban J connectivity index is 2.36. The van der Waals surface area contributed by atoms with E-state index in [1.54, 1.807) is 0 Å². The minimum Gasteiger partial charge on any atom is -0.461 e. The van der Waals surface area contributed by atoms with Gasteiger partial charge < -0.3 is 4.74 Å². The fraction of sp³-hybridized carbons (Fsp3) is 0.318. The van der Waals surface area contributed by atoms with Crippen LogP contribution in [0.3, 0.4) is 0 Å². The van der Waals surface area contributed by atoms with Crippen molar-refractivity contribution in [1.82, 2.24) is 0 Å². The van der Waals surface area contributed by atoms with Gasteiger partial charge in [0.05, 0.1) is 0 Å². The van der Waals surface area contributed by atoms with Crippen LogP contribution in [0, 0.1) is 0 Å². The topological polar surface area (TPSA) is 26.3 Å². The van der Waals surface area contributed by atoms with Crippen LogP contribution in [0.15, 0.2) is 60.2 Å². The average Bonchev–Trinajstić information content (AvgIpc) is 2.53. The van der Waals surface area contributed by atoms with Crippen molar-refractivity contribution >= 4 is 12.0 Å². The molecule has 0 atom stereocenters. The lowest BCUT2D eigenvalue weighted by Gasteiger charge is -2.22. The summed E-state index contributed by atoms with van der Waals surface area (Å²) in [5.74, 6) is -0.252. The highest BCUT2D eigenvalue weighted by molar-refractivity contribution is 5.67. The van der Waals surface area contributed by atoms with E-state index >= 15 is 0 Å². The fourth-order valence-electron chi connectivity index (χ4n) is 2.72. The number of hydrogen-bond donors (Lipinski definition) is 0. The van der Waals surface area contributed by atoms with Crippen molar-refractivity contribution in [3.8, 4) is 0 Å². The van der Waals surface area contributed by atoms with Crippen LogP contribution in [0.2, 0.25) is 0 Å². The van der Waals surface area contributed by atoms with Crippen molar-refractivity contribution in [2.45, 2.75) is 39.5 Å². The normalized spacial score (nSPS) is 12.1. The van der Waals surface area contributed by atoms with E-state index in [2.05, 4.69) is 57.2 Å². The Morgan fingerprint density at radius 2 is 1.62 bits per heavy atom. The number of esters is 1. The molecule has 126 valence electrons. The average molecular weight is 322 g/mol. The van der Waals surface area contributed by atoms with Crippen LogP contribution in [0.4, 0.5) is 0 Å². The molecule has 0 N–H and O–H groups in total. The number of hydrogen-bond acceptors (Lipinski definition) is 2. The number of ether oxygens (including phenoxy) is 1. The van der Waals surface area contributed by atoms with Crippen molar-refractivity contribution in [3.05, 3.63) is 76.9 Å². The first-order valence-corrected chi connectivity index (χ1v) is 8.32. The Kier molecular flexibility index (Phi) is 5.97. The molecular weight excluding hydrogens is 296 g/mol. The lowest BCUT2D eigenvalue weighted by molar-refractivity contribution is -0.139. The van der Waals surface area contributed by atoms with Gasteiger partial charge in [0.1, 0.15) is 6.61 Å². The monoisotopic (exact) mass is 322 g/mol. The maximum Gasteiger partial charge on any atom is 0.302 e. The van der Waals surface area contributed by atoms with E-state index in [1.165, 1.54) is 23.6 Å². The minimum atomic E-state index is -0.252. The van der Waals surface area contributed by atoms with Crippen LogP contribution in [0.25, 0.3) is 6.08 Å². The molecule has 0 spiro atoms. The van der Waals surface area contributed by atoms with E-state index in [1.807, 2.05) is 24.3 Å². The highest BCUT2D eigenvalue weighted by Crippen LogP contribution is 2.27. The molecule has 0 radical (unpaired) electrons. The van der Waals surface area contributed by atoms with E-state index in [9.17, 15) is 4.79 Å². The third-order valence-corrected chi connectivity index (χ3v) is 3.86. The first-order chi connectivity index (χ1) is 11.4. The first kappa shape index (κ1) is 18.0. The van der Waals surface area contributed by atoms with Gasteiger partial charge in [0.15, 0.2) is 0 Å². The second-order valence-corrected chi connectivity index (χ2v) is 7.08. The van der Waals surface area contributed by atoms with Crippen molar-refractivity contribution < 1.29 is 9.53 Å². The molecule has 2 rings (SSSR count). The van der Waals surface area contributed by atoms with Gasteiger partial charge in [-0.1, -0.05) is 81.4 Å². The maximum atomic E-state index is 11.2. The van der Waals surface area contributed by atoms with Gasteiger partial charge in [0.2, 0.25) is 0 Å². The van der Waals surface area contributed by atoms with E-state index < -0.39 is 0 Å². The van der Waals surface area contributed by atoms with Gasteiger partial charge in [-0.25, -0.2) is 0 Å². The standard InChI is InChI=1S/C22H26O2/c1-17(23)24-16-19(14-18-10-6-5-7-11-18)15-20-12-8-9-13-21(20)22(2,3)4/h5-13,15H,14,16H2,1-4H3. The molecule has 2 heteroatoms. The number of carbonyl (C=O) groups is 1. The molecule has 0 saturated carbocycles. The molecule has 0 amide bonds. The molecule has 0 fully saturated rings. The summed E-state index contributed by atoms with van der Waals surface area (Å²) >= 11 is 0. The molecule has 2 nitrogen and oxygen atoms in total. The summed E-state index contributed by atoms with van der Waals surface area (Å²) in [6.45, 7) is 8.40. The molecule has 0 unspecified atom stereocenters. The third kappa shape index (κ3) is 5.38. The lowest BCUT2D eigenvalue weighted by atomic mass is 9.83. The molecule has 2 aromatic rings. The first-order valence-electron chi connectivity index (χ1n) is 8.32. The summed E-state index contributed by atoms with van der Waals surface area (Å²) in [7, 11) is 0. The molecule has 2 aromatic carbocycles. The van der Waals surface area contributed by atoms with Crippen LogP contribution in [-0.2, 0) is 21.4 Å². The van der Waals surface area contributed by atoms with E-state index in [4.69, 9.17) is 4.74 Å². The maximum absolute atomic E-state index is 11.2. The summed E-state index contributed by atoms with van der Waals surface area (Å²) in [5, 5.41) is 0. The van der Waals surface area contributed by atoms with Gasteiger partial charge in [-0.15, -0.1) is 0 Å². The second-order valence-electron chi connectivity index (χ2n) is 7.08. The summed E-state index contributed by atoms with van der Waals surface area (Å²) in [6.07, 6.45) is 2.93. The molecule has 0 aliphatic carbocycles. The SMILES string of the molecule is CC(=O)OCC(=Cc1ccccc1C(C)(C)C)Cc1ccccc1. The van der Waals surface area contributed by atoms with Crippen LogP contribution >= 0.6 is 0 Å². The van der Waals surface area contributed by atoms with Gasteiger partial charge in [0.25, 0.3) is 0 Å². The Morgan fingerprint density at radius 3 is 2.25 bits per heavy atom. The number of carbonyl (C=O) groups excluding carboxylic acids is 1. The summed E-state index contributed by atoms with van der Waals surface area (Å²) in [6, 6.07) is 18.7. The van der Waals surface area contributed by atoms with Crippen LogP contribution in [0.1, 0.15) is 44.4 Å². The quantitative estimate of drug-likeness (QED) is 0.710. The van der Waals surface area contributed by atoms with E-state index in [-0.39, 0.29) is 11.4 Å². The molecule has 0 aromatic heterocycles.